The van der Waals surface area contributed by atoms with Crippen LogP contribution in [0.5, 0.6) is 0 Å². The first-order valence-corrected chi connectivity index (χ1v) is 5.78. The Hall–Kier alpha value is -1.58. The molecule has 1 aliphatic rings. The van der Waals surface area contributed by atoms with Gasteiger partial charge in [0.1, 0.15) is 11.7 Å². The van der Waals surface area contributed by atoms with Crippen LogP contribution in [0.15, 0.2) is 18.2 Å². The predicted molar refractivity (Wildman–Crippen MR) is 68.0 cm³/mol. The van der Waals surface area contributed by atoms with Crippen molar-refractivity contribution in [3.8, 4) is 0 Å². The van der Waals surface area contributed by atoms with Crippen LogP contribution in [0.1, 0.15) is 25.8 Å². The third kappa shape index (κ3) is 2.40. The highest BCUT2D eigenvalue weighted by atomic mass is 19.1. The summed E-state index contributed by atoms with van der Waals surface area (Å²) in [4.78, 5) is 2.18. The fourth-order valence-electron chi connectivity index (χ4n) is 2.32. The molecule has 17 heavy (non-hydrogen) atoms. The molecule has 1 saturated heterocycles. The summed E-state index contributed by atoms with van der Waals surface area (Å²) in [6.45, 7) is 6.27. The number of benzene rings is 1. The van der Waals surface area contributed by atoms with E-state index in [4.69, 9.17) is 11.1 Å². The third-order valence-electron chi connectivity index (χ3n) is 3.27. The van der Waals surface area contributed by atoms with E-state index in [2.05, 4.69) is 18.7 Å². The molecule has 0 atom stereocenters. The van der Waals surface area contributed by atoms with Crippen molar-refractivity contribution in [1.82, 2.24) is 0 Å². The molecule has 0 saturated carbocycles. The number of nitrogens with zero attached hydrogens (tertiary/aromatic N) is 1. The number of nitrogen functional groups attached to an aromatic ring is 1. The summed E-state index contributed by atoms with van der Waals surface area (Å²) >= 11 is 0. The molecule has 0 spiro atoms. The van der Waals surface area contributed by atoms with Gasteiger partial charge in [-0.1, -0.05) is 13.8 Å². The van der Waals surface area contributed by atoms with Crippen LogP contribution in [-0.2, 0) is 0 Å². The van der Waals surface area contributed by atoms with Crippen molar-refractivity contribution in [3.05, 3.63) is 29.6 Å². The standard InChI is InChI=1S/C13H18FN3/c1-13(2)5-6-17(8-13)11-4-3-9(14)7-10(11)12(15)16/h3-4,7H,5-6,8H2,1-2H3,(H3,15,16). The van der Waals surface area contributed by atoms with E-state index in [-0.39, 0.29) is 17.1 Å². The van der Waals surface area contributed by atoms with Gasteiger partial charge in [0.25, 0.3) is 0 Å². The van der Waals surface area contributed by atoms with Gasteiger partial charge in [0, 0.05) is 24.3 Å². The second kappa shape index (κ2) is 4.02. The summed E-state index contributed by atoms with van der Waals surface area (Å²) in [7, 11) is 0. The molecule has 0 amide bonds. The molecule has 2 rings (SSSR count). The normalized spacial score (nSPS) is 18.4. The average molecular weight is 235 g/mol. The van der Waals surface area contributed by atoms with Crippen molar-refractivity contribution in [1.29, 1.82) is 5.41 Å². The van der Waals surface area contributed by atoms with E-state index in [9.17, 15) is 4.39 Å². The van der Waals surface area contributed by atoms with E-state index >= 15 is 0 Å². The van der Waals surface area contributed by atoms with Gasteiger partial charge in [0.2, 0.25) is 0 Å². The number of halogens is 1. The molecular formula is C13H18FN3. The Labute approximate surface area is 101 Å². The van der Waals surface area contributed by atoms with Gasteiger partial charge in [-0.05, 0) is 30.0 Å². The van der Waals surface area contributed by atoms with Crippen molar-refractivity contribution in [2.24, 2.45) is 11.1 Å². The van der Waals surface area contributed by atoms with Crippen molar-refractivity contribution in [2.45, 2.75) is 20.3 Å². The lowest BCUT2D eigenvalue weighted by Gasteiger charge is -2.23. The third-order valence-corrected chi connectivity index (χ3v) is 3.27. The fourth-order valence-corrected chi connectivity index (χ4v) is 2.32. The maximum atomic E-state index is 13.2. The molecule has 0 radical (unpaired) electrons. The van der Waals surface area contributed by atoms with Crippen molar-refractivity contribution >= 4 is 11.5 Å². The lowest BCUT2D eigenvalue weighted by molar-refractivity contribution is 0.418. The zero-order chi connectivity index (χ0) is 12.6. The van der Waals surface area contributed by atoms with Crippen LogP contribution in [0.2, 0.25) is 0 Å². The number of nitrogens with one attached hydrogen (secondary N) is 1. The van der Waals surface area contributed by atoms with Gasteiger partial charge in [0.15, 0.2) is 0 Å². The van der Waals surface area contributed by atoms with E-state index in [1.165, 1.54) is 12.1 Å². The molecule has 0 bridgehead atoms. The Morgan fingerprint density at radius 3 is 2.71 bits per heavy atom. The summed E-state index contributed by atoms with van der Waals surface area (Å²) in [6, 6.07) is 4.48. The zero-order valence-electron chi connectivity index (χ0n) is 10.3. The van der Waals surface area contributed by atoms with Gasteiger partial charge in [-0.15, -0.1) is 0 Å². The van der Waals surface area contributed by atoms with Crippen LogP contribution in [0, 0.1) is 16.6 Å². The van der Waals surface area contributed by atoms with Crippen LogP contribution >= 0.6 is 0 Å². The minimum Gasteiger partial charge on any atom is -0.384 e. The van der Waals surface area contributed by atoms with Gasteiger partial charge in [-0.25, -0.2) is 4.39 Å². The van der Waals surface area contributed by atoms with Crippen molar-refractivity contribution in [3.63, 3.8) is 0 Å². The highest BCUT2D eigenvalue weighted by Gasteiger charge is 2.30. The number of amidine groups is 1. The Morgan fingerprint density at radius 2 is 2.18 bits per heavy atom. The van der Waals surface area contributed by atoms with Crippen LogP contribution in [-0.4, -0.2) is 18.9 Å². The van der Waals surface area contributed by atoms with E-state index in [0.717, 1.165) is 25.2 Å². The first kappa shape index (κ1) is 11.9. The molecule has 1 aromatic carbocycles. The molecule has 0 aliphatic carbocycles. The molecule has 0 aromatic heterocycles. The minimum absolute atomic E-state index is 0.0794. The molecular weight excluding hydrogens is 217 g/mol. The first-order valence-electron chi connectivity index (χ1n) is 5.78. The monoisotopic (exact) mass is 235 g/mol. The predicted octanol–water partition coefficient (Wildman–Crippen LogP) is 2.35. The van der Waals surface area contributed by atoms with Gasteiger partial charge >= 0.3 is 0 Å². The molecule has 92 valence electrons. The first-order chi connectivity index (χ1) is 7.89. The second-order valence-corrected chi connectivity index (χ2v) is 5.41. The van der Waals surface area contributed by atoms with Crippen LogP contribution < -0.4 is 10.6 Å². The Morgan fingerprint density at radius 1 is 1.47 bits per heavy atom. The SMILES string of the molecule is CC1(C)CCN(c2ccc(F)cc2C(=N)N)C1. The molecule has 0 unspecified atom stereocenters. The van der Waals surface area contributed by atoms with Gasteiger partial charge in [-0.3, -0.25) is 5.41 Å². The van der Waals surface area contributed by atoms with E-state index < -0.39 is 0 Å². The average Bonchev–Trinajstić information content (AvgIpc) is 2.58. The number of hydrogen-bond acceptors (Lipinski definition) is 2. The smallest absolute Gasteiger partial charge is 0.125 e. The molecule has 3 N–H and O–H groups in total. The quantitative estimate of drug-likeness (QED) is 0.610. The van der Waals surface area contributed by atoms with E-state index in [1.54, 1.807) is 6.07 Å². The molecule has 1 heterocycles. The van der Waals surface area contributed by atoms with Crippen molar-refractivity contribution in [2.75, 3.05) is 18.0 Å². The summed E-state index contributed by atoms with van der Waals surface area (Å²) < 4.78 is 13.2. The van der Waals surface area contributed by atoms with Crippen LogP contribution in [0.4, 0.5) is 10.1 Å². The van der Waals surface area contributed by atoms with Crippen LogP contribution in [0.3, 0.4) is 0 Å². The molecule has 1 aromatic rings. The van der Waals surface area contributed by atoms with Crippen molar-refractivity contribution < 1.29 is 4.39 Å². The Kier molecular flexibility index (Phi) is 2.81. The molecule has 4 heteroatoms. The number of rotatable bonds is 2. The second-order valence-electron chi connectivity index (χ2n) is 5.41. The highest BCUT2D eigenvalue weighted by molar-refractivity contribution is 6.00. The summed E-state index contributed by atoms with van der Waals surface area (Å²) in [5.41, 5.74) is 7.13. The lowest BCUT2D eigenvalue weighted by Crippen LogP contribution is -2.26. The summed E-state index contributed by atoms with van der Waals surface area (Å²) in [5.74, 6) is -0.429. The summed E-state index contributed by atoms with van der Waals surface area (Å²) in [6.07, 6.45) is 1.10. The maximum Gasteiger partial charge on any atom is 0.125 e. The molecule has 1 fully saturated rings. The van der Waals surface area contributed by atoms with E-state index in [0.29, 0.717) is 5.56 Å². The van der Waals surface area contributed by atoms with Gasteiger partial charge < -0.3 is 10.6 Å². The number of nitrogens with two attached hydrogens (primary N) is 1. The Balaban J connectivity index is 2.36. The molecule has 3 nitrogen and oxygen atoms in total. The van der Waals surface area contributed by atoms with Gasteiger partial charge in [-0.2, -0.15) is 0 Å². The Bertz CT molecular complexity index is 454. The number of anilines is 1. The highest BCUT2D eigenvalue weighted by Crippen LogP contribution is 2.34. The topological polar surface area (TPSA) is 53.1 Å². The minimum atomic E-state index is -0.350. The van der Waals surface area contributed by atoms with Gasteiger partial charge in [0.05, 0.1) is 0 Å². The largest absolute Gasteiger partial charge is 0.384 e. The fraction of sp³-hybridized carbons (Fsp3) is 0.462. The zero-order valence-corrected chi connectivity index (χ0v) is 10.3. The van der Waals surface area contributed by atoms with E-state index in [1.807, 2.05) is 0 Å². The maximum absolute atomic E-state index is 13.2. The summed E-state index contributed by atoms with van der Waals surface area (Å²) in [5, 5.41) is 7.52. The molecule has 1 aliphatic heterocycles. The lowest BCUT2D eigenvalue weighted by atomic mass is 9.93. The van der Waals surface area contributed by atoms with Crippen LogP contribution in [0.25, 0.3) is 0 Å². The number of hydrogen-bond donors (Lipinski definition) is 2.